The van der Waals surface area contributed by atoms with E-state index in [0.717, 1.165) is 12.5 Å². The van der Waals surface area contributed by atoms with Crippen LogP contribution in [0.25, 0.3) is 0 Å². The van der Waals surface area contributed by atoms with Crippen LogP contribution in [-0.4, -0.2) is 30.8 Å². The zero-order valence-electron chi connectivity index (χ0n) is 10.7. The lowest BCUT2D eigenvalue weighted by atomic mass is 10.3. The third-order valence-electron chi connectivity index (χ3n) is 2.28. The molecule has 1 amide bonds. The van der Waals surface area contributed by atoms with Gasteiger partial charge in [-0.05, 0) is 19.8 Å². The average Bonchev–Trinajstić information content (AvgIpc) is 2.33. The van der Waals surface area contributed by atoms with Crippen LogP contribution >= 0.6 is 0 Å². The summed E-state index contributed by atoms with van der Waals surface area (Å²) in [6.07, 6.45) is 1.57. The predicted octanol–water partition coefficient (Wildman–Crippen LogP) is 2.02. The summed E-state index contributed by atoms with van der Waals surface area (Å²) in [7, 11) is 0. The molecule has 5 nitrogen and oxygen atoms in total. The van der Waals surface area contributed by atoms with Gasteiger partial charge in [0.1, 0.15) is 12.7 Å². The molecule has 98 valence electrons. The van der Waals surface area contributed by atoms with Crippen molar-refractivity contribution < 1.29 is 19.1 Å². The Morgan fingerprint density at radius 2 is 2.00 bits per heavy atom. The van der Waals surface area contributed by atoms with Crippen LogP contribution in [0.4, 0.5) is 4.79 Å². The molecular weight excluding hydrogens is 222 g/mol. The lowest BCUT2D eigenvalue weighted by Gasteiger charge is -2.18. The summed E-state index contributed by atoms with van der Waals surface area (Å²) in [4.78, 5) is 22.2. The van der Waals surface area contributed by atoms with E-state index in [1.54, 1.807) is 0 Å². The normalized spacial score (nSPS) is 13.4. The quantitative estimate of drug-likeness (QED) is 0.549. The van der Waals surface area contributed by atoms with Gasteiger partial charge in [0.15, 0.2) is 0 Å². The van der Waals surface area contributed by atoms with Crippen LogP contribution in [0.3, 0.4) is 0 Å². The minimum Gasteiger partial charge on any atom is -0.459 e. The molecule has 0 radical (unpaired) electrons. The van der Waals surface area contributed by atoms with E-state index in [-0.39, 0.29) is 12.6 Å². The van der Waals surface area contributed by atoms with Gasteiger partial charge in [-0.15, -0.1) is 0 Å². The van der Waals surface area contributed by atoms with Crippen molar-refractivity contribution in [2.75, 3.05) is 6.61 Å². The fourth-order valence-electron chi connectivity index (χ4n) is 0.958. The van der Waals surface area contributed by atoms with Gasteiger partial charge in [0.05, 0.1) is 0 Å². The Labute approximate surface area is 102 Å². The molecule has 0 bridgehead atoms. The van der Waals surface area contributed by atoms with E-state index in [1.807, 2.05) is 20.8 Å². The van der Waals surface area contributed by atoms with Crippen molar-refractivity contribution in [2.45, 2.75) is 45.8 Å². The van der Waals surface area contributed by atoms with Gasteiger partial charge in [-0.25, -0.2) is 9.59 Å². The molecule has 0 rings (SSSR count). The minimum atomic E-state index is -0.519. The SMILES string of the molecule is C=CC(=O)OCC(CC)OC(=O)NC(C)CC. The standard InChI is InChI=1S/C12H21NO4/c1-5-9(4)13-12(15)17-10(6-2)8-16-11(14)7-3/h7,9-10H,3,5-6,8H2,1-2,4H3,(H,13,15). The maximum atomic E-state index is 11.4. The Balaban J connectivity index is 3.99. The highest BCUT2D eigenvalue weighted by Gasteiger charge is 2.15. The Morgan fingerprint density at radius 1 is 1.35 bits per heavy atom. The number of alkyl carbamates (subject to hydrolysis) is 1. The molecular formula is C12H21NO4. The first-order chi connectivity index (χ1) is 8.03. The van der Waals surface area contributed by atoms with E-state index in [1.165, 1.54) is 0 Å². The summed E-state index contributed by atoms with van der Waals surface area (Å²) in [5.74, 6) is -0.519. The summed E-state index contributed by atoms with van der Waals surface area (Å²) in [6.45, 7) is 9.04. The molecule has 0 aromatic heterocycles. The number of amides is 1. The summed E-state index contributed by atoms with van der Waals surface area (Å²) < 4.78 is 9.92. The van der Waals surface area contributed by atoms with Crippen molar-refractivity contribution in [1.29, 1.82) is 0 Å². The maximum Gasteiger partial charge on any atom is 0.407 e. The molecule has 1 N–H and O–H groups in total. The van der Waals surface area contributed by atoms with Gasteiger partial charge in [-0.1, -0.05) is 20.4 Å². The van der Waals surface area contributed by atoms with Crippen molar-refractivity contribution >= 4 is 12.1 Å². The van der Waals surface area contributed by atoms with E-state index in [0.29, 0.717) is 6.42 Å². The van der Waals surface area contributed by atoms with Crippen LogP contribution in [-0.2, 0) is 14.3 Å². The molecule has 0 aliphatic carbocycles. The molecule has 2 unspecified atom stereocenters. The van der Waals surface area contributed by atoms with Gasteiger partial charge in [-0.2, -0.15) is 0 Å². The van der Waals surface area contributed by atoms with Crippen LogP contribution in [0.15, 0.2) is 12.7 Å². The van der Waals surface area contributed by atoms with E-state index >= 15 is 0 Å². The topological polar surface area (TPSA) is 64.6 Å². The highest BCUT2D eigenvalue weighted by atomic mass is 16.6. The van der Waals surface area contributed by atoms with Crippen molar-refractivity contribution in [2.24, 2.45) is 0 Å². The highest BCUT2D eigenvalue weighted by Crippen LogP contribution is 2.01. The summed E-state index contributed by atoms with van der Waals surface area (Å²) in [5.41, 5.74) is 0. The highest BCUT2D eigenvalue weighted by molar-refractivity contribution is 5.81. The predicted molar refractivity (Wildman–Crippen MR) is 64.6 cm³/mol. The molecule has 5 heteroatoms. The Bertz CT molecular complexity index is 265. The molecule has 0 aliphatic heterocycles. The number of rotatable bonds is 7. The minimum absolute atomic E-state index is 0.0509. The first-order valence-corrected chi connectivity index (χ1v) is 5.79. The van der Waals surface area contributed by atoms with Crippen molar-refractivity contribution in [3.8, 4) is 0 Å². The van der Waals surface area contributed by atoms with E-state index in [9.17, 15) is 9.59 Å². The fraction of sp³-hybridized carbons (Fsp3) is 0.667. The van der Waals surface area contributed by atoms with Crippen LogP contribution < -0.4 is 5.32 Å². The Morgan fingerprint density at radius 3 is 2.47 bits per heavy atom. The van der Waals surface area contributed by atoms with E-state index in [2.05, 4.69) is 11.9 Å². The number of carbonyl (C=O) groups is 2. The molecule has 2 atom stereocenters. The number of ether oxygens (including phenoxy) is 2. The molecule has 0 spiro atoms. The number of hydrogen-bond donors (Lipinski definition) is 1. The largest absolute Gasteiger partial charge is 0.459 e. The van der Waals surface area contributed by atoms with Gasteiger partial charge in [0, 0.05) is 12.1 Å². The Kier molecular flexibility index (Phi) is 7.84. The first-order valence-electron chi connectivity index (χ1n) is 5.79. The smallest absolute Gasteiger partial charge is 0.407 e. The monoisotopic (exact) mass is 243 g/mol. The molecule has 0 aromatic carbocycles. The average molecular weight is 243 g/mol. The Hall–Kier alpha value is -1.52. The van der Waals surface area contributed by atoms with E-state index in [4.69, 9.17) is 9.47 Å². The lowest BCUT2D eigenvalue weighted by molar-refractivity contribution is -0.140. The molecule has 0 aliphatic rings. The molecule has 0 aromatic rings. The van der Waals surface area contributed by atoms with Crippen molar-refractivity contribution in [3.05, 3.63) is 12.7 Å². The van der Waals surface area contributed by atoms with Gasteiger partial charge in [0.2, 0.25) is 0 Å². The first kappa shape index (κ1) is 15.5. The van der Waals surface area contributed by atoms with Crippen LogP contribution in [0.1, 0.15) is 33.6 Å². The second kappa shape index (κ2) is 8.61. The number of nitrogens with one attached hydrogen (secondary N) is 1. The molecule has 0 fully saturated rings. The maximum absolute atomic E-state index is 11.4. The van der Waals surface area contributed by atoms with Gasteiger partial charge in [0.25, 0.3) is 0 Å². The van der Waals surface area contributed by atoms with Gasteiger partial charge >= 0.3 is 12.1 Å². The van der Waals surface area contributed by atoms with E-state index < -0.39 is 18.2 Å². The third kappa shape index (κ3) is 7.38. The van der Waals surface area contributed by atoms with Gasteiger partial charge < -0.3 is 14.8 Å². The molecule has 0 saturated heterocycles. The number of esters is 1. The van der Waals surface area contributed by atoms with Crippen LogP contribution in [0.5, 0.6) is 0 Å². The third-order valence-corrected chi connectivity index (χ3v) is 2.28. The molecule has 17 heavy (non-hydrogen) atoms. The summed E-state index contributed by atoms with van der Waals surface area (Å²) >= 11 is 0. The summed E-state index contributed by atoms with van der Waals surface area (Å²) in [6, 6.07) is 0.0655. The van der Waals surface area contributed by atoms with Crippen LogP contribution in [0.2, 0.25) is 0 Å². The summed E-state index contributed by atoms with van der Waals surface area (Å²) in [5, 5.41) is 2.67. The van der Waals surface area contributed by atoms with Crippen LogP contribution in [0, 0.1) is 0 Å². The van der Waals surface area contributed by atoms with Crippen molar-refractivity contribution in [1.82, 2.24) is 5.32 Å². The number of hydrogen-bond acceptors (Lipinski definition) is 4. The zero-order chi connectivity index (χ0) is 13.3. The van der Waals surface area contributed by atoms with Crippen molar-refractivity contribution in [3.63, 3.8) is 0 Å². The zero-order valence-corrected chi connectivity index (χ0v) is 10.7. The second-order valence-corrected chi connectivity index (χ2v) is 3.72. The number of carbonyl (C=O) groups excluding carboxylic acids is 2. The fourth-order valence-corrected chi connectivity index (χ4v) is 0.958. The molecule has 0 saturated carbocycles. The second-order valence-electron chi connectivity index (χ2n) is 3.72. The lowest BCUT2D eigenvalue weighted by Crippen LogP contribution is -2.36. The van der Waals surface area contributed by atoms with Gasteiger partial charge in [-0.3, -0.25) is 0 Å². The molecule has 0 heterocycles.